The van der Waals surface area contributed by atoms with Gasteiger partial charge in [-0.1, -0.05) is 69.7 Å². The zero-order chi connectivity index (χ0) is 16.8. The summed E-state index contributed by atoms with van der Waals surface area (Å²) < 4.78 is 0. The second-order valence-electron chi connectivity index (χ2n) is 6.41. The van der Waals surface area contributed by atoms with E-state index in [0.717, 1.165) is 18.4 Å². The molecule has 0 aliphatic carbocycles. The molecule has 2 nitrogen and oxygen atoms in total. The molecule has 0 aliphatic heterocycles. The second-order valence-corrected chi connectivity index (χ2v) is 6.41. The van der Waals surface area contributed by atoms with E-state index in [1.54, 1.807) is 6.07 Å². The predicted octanol–water partition coefficient (Wildman–Crippen LogP) is 6.51. The molecule has 0 atom stereocenters. The van der Waals surface area contributed by atoms with E-state index < -0.39 is 0 Å². The summed E-state index contributed by atoms with van der Waals surface area (Å²) in [4.78, 5) is 0. The van der Waals surface area contributed by atoms with Gasteiger partial charge in [0.1, 0.15) is 0 Å². The number of unbranched alkanes of at least 4 members (excludes halogenated alkanes) is 9. The monoisotopic (exact) mass is 318 g/mol. The van der Waals surface area contributed by atoms with Gasteiger partial charge in [-0.25, -0.2) is 0 Å². The van der Waals surface area contributed by atoms with Crippen molar-refractivity contribution < 1.29 is 10.2 Å². The summed E-state index contributed by atoms with van der Waals surface area (Å²) in [6.45, 7) is 2.25. The summed E-state index contributed by atoms with van der Waals surface area (Å²) in [5.74, 6) is 0.0422. The fourth-order valence-corrected chi connectivity index (χ4v) is 2.81. The molecule has 0 aliphatic rings. The topological polar surface area (TPSA) is 40.5 Å². The highest BCUT2D eigenvalue weighted by molar-refractivity contribution is 5.44. The molecule has 1 rings (SSSR count). The summed E-state index contributed by atoms with van der Waals surface area (Å²) in [7, 11) is 0. The number of allylic oxidation sites excluding steroid dienone is 2. The van der Waals surface area contributed by atoms with E-state index in [9.17, 15) is 10.2 Å². The molecule has 2 heteroatoms. The largest absolute Gasteiger partial charge is 0.504 e. The van der Waals surface area contributed by atoms with Crippen LogP contribution in [-0.2, 0) is 6.42 Å². The minimum Gasteiger partial charge on any atom is -0.504 e. The van der Waals surface area contributed by atoms with Crippen LogP contribution in [0.5, 0.6) is 11.5 Å². The van der Waals surface area contributed by atoms with Crippen molar-refractivity contribution in [3.8, 4) is 11.5 Å². The average Bonchev–Trinajstić information content (AvgIpc) is 2.55. The van der Waals surface area contributed by atoms with Crippen LogP contribution in [-0.4, -0.2) is 10.2 Å². The van der Waals surface area contributed by atoms with Crippen LogP contribution in [0, 0.1) is 0 Å². The molecule has 0 aromatic heterocycles. The summed E-state index contributed by atoms with van der Waals surface area (Å²) in [6, 6.07) is 5.20. The van der Waals surface area contributed by atoms with Crippen molar-refractivity contribution >= 4 is 0 Å². The summed E-state index contributed by atoms with van der Waals surface area (Å²) in [6.07, 6.45) is 19.5. The van der Waals surface area contributed by atoms with Crippen LogP contribution >= 0.6 is 0 Å². The van der Waals surface area contributed by atoms with Crippen molar-refractivity contribution in [3.05, 3.63) is 35.9 Å². The van der Waals surface area contributed by atoms with Gasteiger partial charge in [0.25, 0.3) is 0 Å². The fraction of sp³-hybridized carbons (Fsp3) is 0.619. The van der Waals surface area contributed by atoms with Crippen molar-refractivity contribution in [2.75, 3.05) is 0 Å². The number of aromatic hydroxyl groups is 2. The Balaban J connectivity index is 1.94. The molecular formula is C21H34O2. The van der Waals surface area contributed by atoms with Gasteiger partial charge >= 0.3 is 0 Å². The van der Waals surface area contributed by atoms with Gasteiger partial charge in [-0.15, -0.1) is 0 Å². The Morgan fingerprint density at radius 1 is 0.783 bits per heavy atom. The van der Waals surface area contributed by atoms with Crippen molar-refractivity contribution in [1.29, 1.82) is 0 Å². The SMILES string of the molecule is CCCCCCC=CCCCCCCCc1cccc(O)c1O. The van der Waals surface area contributed by atoms with Crippen LogP contribution in [0.25, 0.3) is 0 Å². The van der Waals surface area contributed by atoms with Crippen LogP contribution < -0.4 is 0 Å². The predicted molar refractivity (Wildman–Crippen MR) is 99.1 cm³/mol. The third-order valence-electron chi connectivity index (χ3n) is 4.31. The van der Waals surface area contributed by atoms with Crippen LogP contribution in [0.3, 0.4) is 0 Å². The smallest absolute Gasteiger partial charge is 0.160 e. The van der Waals surface area contributed by atoms with Gasteiger partial charge in [-0.05, 0) is 50.2 Å². The average molecular weight is 319 g/mol. The quantitative estimate of drug-likeness (QED) is 0.247. The molecule has 130 valence electrons. The lowest BCUT2D eigenvalue weighted by Gasteiger charge is -2.05. The molecule has 0 saturated heterocycles. The molecule has 23 heavy (non-hydrogen) atoms. The Morgan fingerprint density at radius 3 is 2.09 bits per heavy atom. The maximum atomic E-state index is 9.73. The highest BCUT2D eigenvalue weighted by Gasteiger charge is 2.04. The van der Waals surface area contributed by atoms with Gasteiger partial charge in [0.2, 0.25) is 0 Å². The van der Waals surface area contributed by atoms with Gasteiger partial charge in [0, 0.05) is 0 Å². The number of aryl methyl sites for hydroxylation is 1. The zero-order valence-corrected chi connectivity index (χ0v) is 14.8. The molecule has 0 unspecified atom stereocenters. The first-order valence-electron chi connectivity index (χ1n) is 9.40. The number of hydrogen-bond donors (Lipinski definition) is 2. The summed E-state index contributed by atoms with van der Waals surface area (Å²) >= 11 is 0. The first-order valence-corrected chi connectivity index (χ1v) is 9.40. The first-order chi connectivity index (χ1) is 11.3. The fourth-order valence-electron chi connectivity index (χ4n) is 2.81. The number of benzene rings is 1. The Morgan fingerprint density at radius 2 is 1.39 bits per heavy atom. The molecule has 1 aromatic rings. The second kappa shape index (κ2) is 13.0. The first kappa shape index (κ1) is 19.6. The molecule has 2 N–H and O–H groups in total. The lowest BCUT2D eigenvalue weighted by molar-refractivity contribution is 0.398. The highest BCUT2D eigenvalue weighted by atomic mass is 16.3. The van der Waals surface area contributed by atoms with Gasteiger partial charge in [-0.2, -0.15) is 0 Å². The molecule has 0 bridgehead atoms. The van der Waals surface area contributed by atoms with E-state index in [2.05, 4.69) is 19.1 Å². The lowest BCUT2D eigenvalue weighted by Crippen LogP contribution is -1.87. The molecular weight excluding hydrogens is 284 g/mol. The van der Waals surface area contributed by atoms with E-state index in [-0.39, 0.29) is 11.5 Å². The number of phenols is 2. The van der Waals surface area contributed by atoms with Crippen molar-refractivity contribution in [2.24, 2.45) is 0 Å². The van der Waals surface area contributed by atoms with Crippen LogP contribution in [0.1, 0.15) is 83.1 Å². The van der Waals surface area contributed by atoms with Crippen LogP contribution in [0.2, 0.25) is 0 Å². The number of hydrogen-bond acceptors (Lipinski definition) is 2. The Bertz CT molecular complexity index is 437. The summed E-state index contributed by atoms with van der Waals surface area (Å²) in [5, 5.41) is 19.2. The van der Waals surface area contributed by atoms with Gasteiger partial charge in [-0.3, -0.25) is 0 Å². The summed E-state index contributed by atoms with van der Waals surface area (Å²) in [5.41, 5.74) is 0.857. The van der Waals surface area contributed by atoms with Crippen molar-refractivity contribution in [1.82, 2.24) is 0 Å². The molecule has 0 fully saturated rings. The van der Waals surface area contributed by atoms with E-state index >= 15 is 0 Å². The third kappa shape index (κ3) is 9.32. The molecule has 0 heterocycles. The van der Waals surface area contributed by atoms with E-state index in [1.165, 1.54) is 70.3 Å². The number of para-hydroxylation sites is 1. The molecule has 0 spiro atoms. The Hall–Kier alpha value is -1.44. The molecule has 0 amide bonds. The highest BCUT2D eigenvalue weighted by Crippen LogP contribution is 2.29. The molecule has 0 radical (unpaired) electrons. The normalized spacial score (nSPS) is 11.3. The minimum absolute atomic E-state index is 0.0102. The zero-order valence-electron chi connectivity index (χ0n) is 14.8. The van der Waals surface area contributed by atoms with Crippen LogP contribution in [0.4, 0.5) is 0 Å². The lowest BCUT2D eigenvalue weighted by atomic mass is 10.0. The maximum absolute atomic E-state index is 9.73. The van der Waals surface area contributed by atoms with Crippen molar-refractivity contribution in [2.45, 2.75) is 84.0 Å². The molecule has 0 saturated carbocycles. The van der Waals surface area contributed by atoms with Gasteiger partial charge in [0.05, 0.1) is 0 Å². The van der Waals surface area contributed by atoms with Crippen LogP contribution in [0.15, 0.2) is 30.4 Å². The van der Waals surface area contributed by atoms with Crippen molar-refractivity contribution in [3.63, 3.8) is 0 Å². The standard InChI is InChI=1S/C21H34O2/c1-2-3-4-5-6-7-8-9-10-11-12-13-14-16-19-17-15-18-20(22)21(19)23/h7-8,15,17-18,22-23H,2-6,9-14,16H2,1H3. The Kier molecular flexibility index (Phi) is 11.1. The third-order valence-corrected chi connectivity index (χ3v) is 4.31. The maximum Gasteiger partial charge on any atom is 0.160 e. The van der Waals surface area contributed by atoms with Gasteiger partial charge in [0.15, 0.2) is 11.5 Å². The van der Waals surface area contributed by atoms with Gasteiger partial charge < -0.3 is 10.2 Å². The number of rotatable bonds is 13. The van der Waals surface area contributed by atoms with E-state index in [1.807, 2.05) is 6.07 Å². The van der Waals surface area contributed by atoms with E-state index in [4.69, 9.17) is 0 Å². The van der Waals surface area contributed by atoms with E-state index in [0.29, 0.717) is 0 Å². The minimum atomic E-state index is -0.0102. The Labute approximate surface area is 142 Å². The number of phenolic OH excluding ortho intramolecular Hbond substituents is 2. The molecule has 1 aromatic carbocycles.